The van der Waals surface area contributed by atoms with Gasteiger partial charge in [0.2, 0.25) is 11.9 Å². The van der Waals surface area contributed by atoms with E-state index in [1.54, 1.807) is 6.33 Å². The van der Waals surface area contributed by atoms with Crippen molar-refractivity contribution in [2.24, 2.45) is 0 Å². The highest BCUT2D eigenvalue weighted by Crippen LogP contribution is 2.41. The Morgan fingerprint density at radius 2 is 1.73 bits per heavy atom. The summed E-state index contributed by atoms with van der Waals surface area (Å²) in [5.74, 6) is 0.693. The maximum Gasteiger partial charge on any atom is 0.231 e. The zero-order valence-corrected chi connectivity index (χ0v) is 15.0. The third kappa shape index (κ3) is 2.79. The van der Waals surface area contributed by atoms with Gasteiger partial charge in [-0.2, -0.15) is 10.1 Å². The molecule has 26 heavy (non-hydrogen) atoms. The highest BCUT2D eigenvalue weighted by Gasteiger charge is 2.38. The van der Waals surface area contributed by atoms with Crippen LogP contribution in [-0.4, -0.2) is 20.7 Å². The SMILES string of the molecule is CCC(=O)N1c2ncnn2[C@H](c2ccccc2)C[C@@H]1c1ccc(C)cc1. The summed E-state index contributed by atoms with van der Waals surface area (Å²) in [5.41, 5.74) is 3.52. The largest absolute Gasteiger partial charge is 0.274 e. The fraction of sp³-hybridized carbons (Fsp3) is 0.286. The molecule has 0 unspecified atom stereocenters. The van der Waals surface area contributed by atoms with E-state index in [1.165, 1.54) is 11.1 Å². The number of anilines is 1. The lowest BCUT2D eigenvalue weighted by molar-refractivity contribution is -0.119. The van der Waals surface area contributed by atoms with Gasteiger partial charge in [-0.25, -0.2) is 4.68 Å². The predicted molar refractivity (Wildman–Crippen MR) is 101 cm³/mol. The molecule has 0 radical (unpaired) electrons. The maximum atomic E-state index is 12.8. The molecule has 3 aromatic rings. The molecular formula is C21H22N4O. The van der Waals surface area contributed by atoms with Crippen LogP contribution in [0.2, 0.25) is 0 Å². The Hall–Kier alpha value is -2.95. The van der Waals surface area contributed by atoms with Crippen molar-refractivity contribution in [1.29, 1.82) is 0 Å². The summed E-state index contributed by atoms with van der Waals surface area (Å²) in [7, 11) is 0. The number of fused-ring (bicyclic) bond motifs is 1. The molecule has 0 aliphatic carbocycles. The Morgan fingerprint density at radius 1 is 1.04 bits per heavy atom. The second-order valence-electron chi connectivity index (χ2n) is 6.71. The normalized spacial score (nSPS) is 19.2. The number of carbonyl (C=O) groups excluding carboxylic acids is 1. The maximum absolute atomic E-state index is 12.8. The number of hydrogen-bond donors (Lipinski definition) is 0. The fourth-order valence-electron chi connectivity index (χ4n) is 3.67. The van der Waals surface area contributed by atoms with Crippen LogP contribution in [0.4, 0.5) is 5.95 Å². The molecule has 1 amide bonds. The van der Waals surface area contributed by atoms with E-state index in [9.17, 15) is 4.79 Å². The number of nitrogens with zero attached hydrogens (tertiary/aromatic N) is 4. The van der Waals surface area contributed by atoms with Gasteiger partial charge in [0.05, 0.1) is 12.1 Å². The summed E-state index contributed by atoms with van der Waals surface area (Å²) in [4.78, 5) is 19.0. The Balaban J connectivity index is 1.84. The molecule has 1 aliphatic rings. The number of aromatic nitrogens is 3. The Labute approximate surface area is 153 Å². The van der Waals surface area contributed by atoms with Crippen LogP contribution in [0.5, 0.6) is 0 Å². The predicted octanol–water partition coefficient (Wildman–Crippen LogP) is 4.06. The number of rotatable bonds is 3. The van der Waals surface area contributed by atoms with Gasteiger partial charge in [0.1, 0.15) is 6.33 Å². The first-order chi connectivity index (χ1) is 12.7. The zero-order chi connectivity index (χ0) is 18.1. The van der Waals surface area contributed by atoms with E-state index in [-0.39, 0.29) is 18.0 Å². The summed E-state index contributed by atoms with van der Waals surface area (Å²) in [6.07, 6.45) is 2.75. The van der Waals surface area contributed by atoms with Gasteiger partial charge in [-0.15, -0.1) is 0 Å². The Morgan fingerprint density at radius 3 is 2.42 bits per heavy atom. The van der Waals surface area contributed by atoms with Crippen molar-refractivity contribution >= 4 is 11.9 Å². The van der Waals surface area contributed by atoms with Crippen LogP contribution in [0.25, 0.3) is 0 Å². The number of carbonyl (C=O) groups is 1. The van der Waals surface area contributed by atoms with E-state index >= 15 is 0 Å². The summed E-state index contributed by atoms with van der Waals surface area (Å²) in [5, 5.41) is 4.44. The van der Waals surface area contributed by atoms with E-state index in [4.69, 9.17) is 0 Å². The zero-order valence-electron chi connectivity index (χ0n) is 15.0. The van der Waals surface area contributed by atoms with Gasteiger partial charge >= 0.3 is 0 Å². The second kappa shape index (κ2) is 6.75. The summed E-state index contributed by atoms with van der Waals surface area (Å²) >= 11 is 0. The van der Waals surface area contributed by atoms with Crippen LogP contribution < -0.4 is 4.90 Å². The van der Waals surface area contributed by atoms with Gasteiger partial charge in [0.25, 0.3) is 0 Å². The minimum Gasteiger partial charge on any atom is -0.274 e. The van der Waals surface area contributed by atoms with Crippen molar-refractivity contribution in [3.8, 4) is 0 Å². The van der Waals surface area contributed by atoms with Gasteiger partial charge in [-0.05, 0) is 24.5 Å². The molecule has 5 nitrogen and oxygen atoms in total. The molecule has 0 spiro atoms. The quantitative estimate of drug-likeness (QED) is 0.718. The molecule has 0 bridgehead atoms. The molecule has 0 fully saturated rings. The average molecular weight is 346 g/mol. The van der Waals surface area contributed by atoms with Crippen LogP contribution in [0.3, 0.4) is 0 Å². The van der Waals surface area contributed by atoms with Crippen LogP contribution in [0.15, 0.2) is 60.9 Å². The van der Waals surface area contributed by atoms with Gasteiger partial charge in [0.15, 0.2) is 0 Å². The molecule has 0 saturated carbocycles. The van der Waals surface area contributed by atoms with Crippen molar-refractivity contribution in [2.45, 2.75) is 38.8 Å². The van der Waals surface area contributed by atoms with E-state index < -0.39 is 0 Å². The number of hydrogen-bond acceptors (Lipinski definition) is 3. The van der Waals surface area contributed by atoms with Crippen LogP contribution in [0.1, 0.15) is 48.5 Å². The lowest BCUT2D eigenvalue weighted by Crippen LogP contribution is -2.42. The second-order valence-corrected chi connectivity index (χ2v) is 6.71. The number of benzene rings is 2. The van der Waals surface area contributed by atoms with Gasteiger partial charge in [-0.3, -0.25) is 9.69 Å². The lowest BCUT2D eigenvalue weighted by Gasteiger charge is -2.39. The summed E-state index contributed by atoms with van der Waals surface area (Å²) in [6, 6.07) is 18.7. The Bertz CT molecular complexity index is 901. The van der Waals surface area contributed by atoms with E-state index in [0.717, 1.165) is 12.0 Å². The smallest absolute Gasteiger partial charge is 0.231 e. The third-order valence-corrected chi connectivity index (χ3v) is 5.04. The van der Waals surface area contributed by atoms with E-state index in [2.05, 4.69) is 53.4 Å². The highest BCUT2D eigenvalue weighted by atomic mass is 16.2. The lowest BCUT2D eigenvalue weighted by atomic mass is 9.91. The monoisotopic (exact) mass is 346 g/mol. The summed E-state index contributed by atoms with van der Waals surface area (Å²) in [6.45, 7) is 3.96. The van der Waals surface area contributed by atoms with Crippen molar-refractivity contribution in [1.82, 2.24) is 14.8 Å². The van der Waals surface area contributed by atoms with Crippen molar-refractivity contribution in [2.75, 3.05) is 4.90 Å². The van der Waals surface area contributed by atoms with Gasteiger partial charge in [0, 0.05) is 6.42 Å². The summed E-state index contributed by atoms with van der Waals surface area (Å²) < 4.78 is 1.88. The van der Waals surface area contributed by atoms with E-state index in [0.29, 0.717) is 12.4 Å². The molecule has 0 saturated heterocycles. The standard InChI is InChI=1S/C21H22N4O/c1-3-20(26)24-18(17-11-9-15(2)10-12-17)13-19(16-7-5-4-6-8-16)25-21(24)22-14-23-25/h4-12,14,18-19H,3,13H2,1-2H3/t18-,19+/m1/s1. The molecule has 1 aromatic heterocycles. The first kappa shape index (κ1) is 16.5. The fourth-order valence-corrected chi connectivity index (χ4v) is 3.67. The number of aryl methyl sites for hydroxylation is 1. The molecular weight excluding hydrogens is 324 g/mol. The first-order valence-corrected chi connectivity index (χ1v) is 9.02. The molecule has 2 heterocycles. The molecule has 2 atom stereocenters. The topological polar surface area (TPSA) is 51.0 Å². The van der Waals surface area contributed by atoms with Gasteiger partial charge < -0.3 is 0 Å². The van der Waals surface area contributed by atoms with Crippen molar-refractivity contribution < 1.29 is 4.79 Å². The molecule has 2 aromatic carbocycles. The van der Waals surface area contributed by atoms with Gasteiger partial charge in [-0.1, -0.05) is 67.1 Å². The molecule has 4 rings (SSSR count). The van der Waals surface area contributed by atoms with Crippen LogP contribution in [-0.2, 0) is 4.79 Å². The third-order valence-electron chi connectivity index (χ3n) is 5.04. The van der Waals surface area contributed by atoms with E-state index in [1.807, 2.05) is 34.7 Å². The molecule has 0 N–H and O–H groups in total. The Kier molecular flexibility index (Phi) is 4.29. The van der Waals surface area contributed by atoms with Crippen LogP contribution in [0, 0.1) is 6.92 Å². The van der Waals surface area contributed by atoms with Crippen molar-refractivity contribution in [3.63, 3.8) is 0 Å². The molecule has 132 valence electrons. The molecule has 5 heteroatoms. The molecule has 1 aliphatic heterocycles. The highest BCUT2D eigenvalue weighted by molar-refractivity contribution is 5.92. The number of amides is 1. The minimum absolute atomic E-state index is 0.0510. The van der Waals surface area contributed by atoms with Crippen LogP contribution >= 0.6 is 0 Å². The minimum atomic E-state index is -0.0510. The first-order valence-electron chi connectivity index (χ1n) is 9.02. The average Bonchev–Trinajstić information content (AvgIpc) is 3.17. The van der Waals surface area contributed by atoms with Crippen molar-refractivity contribution in [3.05, 3.63) is 77.6 Å².